The minimum Gasteiger partial charge on any atom is -0.335 e. The third-order valence-electron chi connectivity index (χ3n) is 4.76. The predicted octanol–water partition coefficient (Wildman–Crippen LogP) is -0.798. The van der Waals surface area contributed by atoms with Crippen LogP contribution in [-0.4, -0.2) is 84.4 Å². The van der Waals surface area contributed by atoms with E-state index in [9.17, 15) is 18.0 Å². The Morgan fingerprint density at radius 1 is 1.23 bits per heavy atom. The van der Waals surface area contributed by atoms with Crippen LogP contribution in [0.3, 0.4) is 0 Å². The standard InChI is InChI=1S/C15H24N6O4S/c1-18-10-13(9-16-18)21-8-7-19(11-14(21)22)15(23)17-12-3-5-20(6-4-12)26(2,24)25/h9-10,12H,3-8,11H2,1-2H3,(H,17,23). The first-order valence-corrected chi connectivity index (χ1v) is 10.4. The SMILES string of the molecule is Cn1cc(N2CCN(C(=O)NC3CCN(S(C)(=O)=O)CC3)CC2=O)cn1. The number of hydrogen-bond donors (Lipinski definition) is 1. The van der Waals surface area contributed by atoms with Crippen molar-refractivity contribution in [1.82, 2.24) is 24.3 Å². The second-order valence-corrected chi connectivity index (χ2v) is 8.71. The van der Waals surface area contributed by atoms with E-state index in [4.69, 9.17) is 0 Å². The lowest BCUT2D eigenvalue weighted by atomic mass is 10.1. The van der Waals surface area contributed by atoms with Gasteiger partial charge < -0.3 is 15.1 Å². The Bertz CT molecular complexity index is 784. The molecule has 0 unspecified atom stereocenters. The lowest BCUT2D eigenvalue weighted by molar-refractivity contribution is -0.120. The molecule has 0 atom stereocenters. The first-order valence-electron chi connectivity index (χ1n) is 8.53. The van der Waals surface area contributed by atoms with E-state index in [1.54, 1.807) is 29.0 Å². The van der Waals surface area contributed by atoms with E-state index < -0.39 is 10.0 Å². The van der Waals surface area contributed by atoms with Crippen LogP contribution in [0.4, 0.5) is 10.5 Å². The van der Waals surface area contributed by atoms with Gasteiger partial charge in [0.05, 0.1) is 18.1 Å². The third-order valence-corrected chi connectivity index (χ3v) is 6.06. The van der Waals surface area contributed by atoms with Crippen molar-refractivity contribution >= 4 is 27.6 Å². The summed E-state index contributed by atoms with van der Waals surface area (Å²) >= 11 is 0. The molecule has 11 heteroatoms. The first-order chi connectivity index (χ1) is 12.2. The molecule has 2 saturated heterocycles. The molecule has 0 aromatic carbocycles. The van der Waals surface area contributed by atoms with Crippen molar-refractivity contribution in [1.29, 1.82) is 0 Å². The molecule has 0 bridgehead atoms. The molecule has 1 aromatic heterocycles. The summed E-state index contributed by atoms with van der Waals surface area (Å²) < 4.78 is 26.1. The number of sulfonamides is 1. The number of rotatable bonds is 3. The second-order valence-electron chi connectivity index (χ2n) is 6.72. The Labute approximate surface area is 152 Å². The van der Waals surface area contributed by atoms with E-state index in [-0.39, 0.29) is 24.5 Å². The molecule has 0 spiro atoms. The summed E-state index contributed by atoms with van der Waals surface area (Å²) in [6.07, 6.45) is 5.73. The summed E-state index contributed by atoms with van der Waals surface area (Å²) in [4.78, 5) is 27.9. The third kappa shape index (κ3) is 4.15. The van der Waals surface area contributed by atoms with Crippen LogP contribution >= 0.6 is 0 Å². The molecular formula is C15H24N6O4S. The van der Waals surface area contributed by atoms with Crippen molar-refractivity contribution in [3.05, 3.63) is 12.4 Å². The maximum atomic E-state index is 12.4. The minimum atomic E-state index is -3.18. The van der Waals surface area contributed by atoms with E-state index in [1.165, 1.54) is 15.5 Å². The molecule has 26 heavy (non-hydrogen) atoms. The van der Waals surface area contributed by atoms with Crippen LogP contribution in [0.15, 0.2) is 12.4 Å². The van der Waals surface area contributed by atoms with Crippen LogP contribution in [0.25, 0.3) is 0 Å². The van der Waals surface area contributed by atoms with Crippen LogP contribution in [0.2, 0.25) is 0 Å². The van der Waals surface area contributed by atoms with Crippen molar-refractivity contribution < 1.29 is 18.0 Å². The molecule has 0 radical (unpaired) electrons. The van der Waals surface area contributed by atoms with Gasteiger partial charge in [0, 0.05) is 45.5 Å². The number of piperidine rings is 1. The Kier molecular flexibility index (Phi) is 5.19. The molecule has 3 rings (SSSR count). The summed E-state index contributed by atoms with van der Waals surface area (Å²) in [7, 11) is -1.40. The smallest absolute Gasteiger partial charge is 0.318 e. The summed E-state index contributed by atoms with van der Waals surface area (Å²) in [6, 6.07) is -0.353. The Hall–Kier alpha value is -2.14. The molecule has 3 heterocycles. The van der Waals surface area contributed by atoms with E-state index in [1.807, 2.05) is 0 Å². The zero-order chi connectivity index (χ0) is 18.9. The number of amides is 3. The van der Waals surface area contributed by atoms with Gasteiger partial charge in [-0.15, -0.1) is 0 Å². The second kappa shape index (κ2) is 7.23. The summed E-state index contributed by atoms with van der Waals surface area (Å²) in [5.74, 6) is -0.147. The van der Waals surface area contributed by atoms with Gasteiger partial charge in [0.25, 0.3) is 0 Å². The first kappa shape index (κ1) is 18.6. The van der Waals surface area contributed by atoms with E-state index in [0.29, 0.717) is 39.0 Å². The summed E-state index contributed by atoms with van der Waals surface area (Å²) in [5, 5.41) is 6.98. The molecule has 10 nitrogen and oxygen atoms in total. The van der Waals surface area contributed by atoms with Crippen molar-refractivity contribution in [3.63, 3.8) is 0 Å². The number of aromatic nitrogens is 2. The number of carbonyl (C=O) groups excluding carboxylic acids is 2. The fourth-order valence-electron chi connectivity index (χ4n) is 3.26. The van der Waals surface area contributed by atoms with Crippen molar-refractivity contribution in [2.24, 2.45) is 7.05 Å². The van der Waals surface area contributed by atoms with Crippen LogP contribution in [0.1, 0.15) is 12.8 Å². The molecule has 2 aliphatic heterocycles. The van der Waals surface area contributed by atoms with Gasteiger partial charge in [-0.3, -0.25) is 9.48 Å². The maximum absolute atomic E-state index is 12.4. The number of aryl methyl sites for hydroxylation is 1. The van der Waals surface area contributed by atoms with Gasteiger partial charge in [-0.25, -0.2) is 17.5 Å². The zero-order valence-electron chi connectivity index (χ0n) is 15.0. The van der Waals surface area contributed by atoms with E-state index in [0.717, 1.165) is 5.69 Å². The highest BCUT2D eigenvalue weighted by Gasteiger charge is 2.31. The molecule has 1 aromatic rings. The Morgan fingerprint density at radius 3 is 2.46 bits per heavy atom. The van der Waals surface area contributed by atoms with Crippen LogP contribution in [0, 0.1) is 0 Å². The number of nitrogens with zero attached hydrogens (tertiary/aromatic N) is 5. The molecule has 0 aliphatic carbocycles. The quantitative estimate of drug-likeness (QED) is 0.734. The number of hydrogen-bond acceptors (Lipinski definition) is 5. The molecule has 144 valence electrons. The lowest BCUT2D eigenvalue weighted by Gasteiger charge is -2.36. The summed E-state index contributed by atoms with van der Waals surface area (Å²) in [5.41, 5.74) is 0.728. The lowest BCUT2D eigenvalue weighted by Crippen LogP contribution is -2.57. The highest BCUT2D eigenvalue weighted by atomic mass is 32.2. The monoisotopic (exact) mass is 384 g/mol. The van der Waals surface area contributed by atoms with Crippen LogP contribution in [0.5, 0.6) is 0 Å². The zero-order valence-corrected chi connectivity index (χ0v) is 15.8. The normalized spacial score (nSPS) is 20.5. The van der Waals surface area contributed by atoms with Crippen molar-refractivity contribution in [3.8, 4) is 0 Å². The molecule has 3 amide bonds. The molecule has 1 N–H and O–H groups in total. The number of anilines is 1. The molecule has 0 saturated carbocycles. The fourth-order valence-corrected chi connectivity index (χ4v) is 4.14. The molecule has 2 fully saturated rings. The average molecular weight is 384 g/mol. The van der Waals surface area contributed by atoms with E-state index >= 15 is 0 Å². The van der Waals surface area contributed by atoms with Gasteiger partial charge >= 0.3 is 6.03 Å². The Morgan fingerprint density at radius 2 is 1.92 bits per heavy atom. The van der Waals surface area contributed by atoms with Crippen LogP contribution in [-0.2, 0) is 21.9 Å². The highest BCUT2D eigenvalue weighted by Crippen LogP contribution is 2.17. The molecular weight excluding hydrogens is 360 g/mol. The fraction of sp³-hybridized carbons (Fsp3) is 0.667. The van der Waals surface area contributed by atoms with Gasteiger partial charge in [0.15, 0.2) is 0 Å². The number of piperazine rings is 1. The van der Waals surface area contributed by atoms with E-state index in [2.05, 4.69) is 10.4 Å². The van der Waals surface area contributed by atoms with Gasteiger partial charge in [-0.1, -0.05) is 0 Å². The molecule has 2 aliphatic rings. The minimum absolute atomic E-state index is 0.0168. The van der Waals surface area contributed by atoms with Crippen molar-refractivity contribution in [2.75, 3.05) is 43.9 Å². The average Bonchev–Trinajstić information content (AvgIpc) is 3.00. The van der Waals surface area contributed by atoms with Gasteiger partial charge in [-0.05, 0) is 12.8 Å². The highest BCUT2D eigenvalue weighted by molar-refractivity contribution is 7.88. The maximum Gasteiger partial charge on any atom is 0.318 e. The Balaban J connectivity index is 1.50. The number of nitrogens with one attached hydrogen (secondary N) is 1. The number of urea groups is 1. The van der Waals surface area contributed by atoms with Gasteiger partial charge in [0.2, 0.25) is 15.9 Å². The summed E-state index contributed by atoms with van der Waals surface area (Å²) in [6.45, 7) is 1.68. The van der Waals surface area contributed by atoms with Crippen molar-refractivity contribution in [2.45, 2.75) is 18.9 Å². The van der Waals surface area contributed by atoms with Gasteiger partial charge in [-0.2, -0.15) is 5.10 Å². The number of carbonyl (C=O) groups is 2. The van der Waals surface area contributed by atoms with Crippen LogP contribution < -0.4 is 10.2 Å². The predicted molar refractivity (Wildman–Crippen MR) is 95.1 cm³/mol. The largest absolute Gasteiger partial charge is 0.335 e. The topological polar surface area (TPSA) is 108 Å². The van der Waals surface area contributed by atoms with Gasteiger partial charge in [0.1, 0.15) is 6.54 Å².